The lowest BCUT2D eigenvalue weighted by atomic mass is 10.1. The van der Waals surface area contributed by atoms with E-state index in [1.165, 1.54) is 35.2 Å². The minimum Gasteiger partial charge on any atom is -0.508 e. The Balaban J connectivity index is 1.97. The van der Waals surface area contributed by atoms with E-state index in [1.807, 2.05) is 0 Å². The Hall–Kier alpha value is -4.06. The number of hydrogen-bond acceptors (Lipinski definition) is 4. The van der Waals surface area contributed by atoms with Crippen LogP contribution in [0.5, 0.6) is 11.5 Å². The molecule has 0 saturated carbocycles. The van der Waals surface area contributed by atoms with Crippen molar-refractivity contribution in [3.8, 4) is 11.5 Å². The molecule has 0 atom stereocenters. The number of hydrogen-bond donors (Lipinski definition) is 3. The summed E-state index contributed by atoms with van der Waals surface area (Å²) < 4.78 is 0. The molecule has 0 fully saturated rings. The molecule has 0 saturated heterocycles. The lowest BCUT2D eigenvalue weighted by Crippen LogP contribution is -2.25. The maximum Gasteiger partial charge on any atom is 0.328 e. The number of carboxylic acids is 1. The van der Waals surface area contributed by atoms with Gasteiger partial charge in [-0.3, -0.25) is 9.69 Å². The van der Waals surface area contributed by atoms with Crippen molar-refractivity contribution in [2.45, 2.75) is 0 Å². The number of carboxylic acid groups (broad SMARTS) is 1. The van der Waals surface area contributed by atoms with Crippen LogP contribution in [0.3, 0.4) is 0 Å². The van der Waals surface area contributed by atoms with Crippen LogP contribution in [0.2, 0.25) is 0 Å². The molecule has 28 heavy (non-hydrogen) atoms. The van der Waals surface area contributed by atoms with E-state index >= 15 is 0 Å². The van der Waals surface area contributed by atoms with E-state index in [4.69, 9.17) is 5.11 Å². The average molecular weight is 375 g/mol. The van der Waals surface area contributed by atoms with E-state index in [0.717, 1.165) is 6.08 Å². The summed E-state index contributed by atoms with van der Waals surface area (Å²) in [6.07, 6.45) is 2.46. The van der Waals surface area contributed by atoms with E-state index in [2.05, 4.69) is 0 Å². The number of carbonyl (C=O) groups is 2. The highest BCUT2D eigenvalue weighted by atomic mass is 16.4. The van der Waals surface area contributed by atoms with Gasteiger partial charge in [0.25, 0.3) is 5.91 Å². The molecule has 0 radical (unpaired) electrons. The minimum absolute atomic E-state index is 0.0800. The second kappa shape index (κ2) is 8.09. The number of amides is 1. The molecule has 3 aromatic rings. The molecular formula is C22H17NO5. The molecule has 0 unspecified atom stereocenters. The number of phenols is 2. The van der Waals surface area contributed by atoms with E-state index in [-0.39, 0.29) is 17.4 Å². The Bertz CT molecular complexity index is 961. The number of benzene rings is 3. The van der Waals surface area contributed by atoms with Gasteiger partial charge in [-0.25, -0.2) is 4.79 Å². The molecule has 0 aliphatic carbocycles. The fourth-order valence-corrected chi connectivity index (χ4v) is 2.62. The van der Waals surface area contributed by atoms with Gasteiger partial charge in [-0.15, -0.1) is 0 Å². The van der Waals surface area contributed by atoms with Gasteiger partial charge in [-0.1, -0.05) is 12.1 Å². The fraction of sp³-hybridized carbons (Fsp3) is 0. The van der Waals surface area contributed by atoms with Crippen LogP contribution in [0.4, 0.5) is 11.4 Å². The molecule has 0 aliphatic rings. The lowest BCUT2D eigenvalue weighted by Gasteiger charge is -2.23. The number of aliphatic carboxylic acids is 1. The van der Waals surface area contributed by atoms with Crippen molar-refractivity contribution < 1.29 is 24.9 Å². The zero-order chi connectivity index (χ0) is 20.1. The monoisotopic (exact) mass is 375 g/mol. The number of nitrogens with zero attached hydrogens (tertiary/aromatic N) is 1. The lowest BCUT2D eigenvalue weighted by molar-refractivity contribution is -0.131. The molecule has 3 aromatic carbocycles. The zero-order valence-electron chi connectivity index (χ0n) is 14.7. The van der Waals surface area contributed by atoms with Gasteiger partial charge in [0, 0.05) is 23.0 Å². The van der Waals surface area contributed by atoms with Gasteiger partial charge in [0.1, 0.15) is 11.5 Å². The van der Waals surface area contributed by atoms with E-state index < -0.39 is 5.97 Å². The van der Waals surface area contributed by atoms with Crippen molar-refractivity contribution >= 4 is 29.3 Å². The van der Waals surface area contributed by atoms with E-state index in [9.17, 15) is 19.8 Å². The molecule has 0 aromatic heterocycles. The van der Waals surface area contributed by atoms with Crippen molar-refractivity contribution in [2.24, 2.45) is 0 Å². The summed E-state index contributed by atoms with van der Waals surface area (Å²) >= 11 is 0. The van der Waals surface area contributed by atoms with Crippen LogP contribution in [-0.4, -0.2) is 27.2 Å². The first-order valence-electron chi connectivity index (χ1n) is 8.37. The van der Waals surface area contributed by atoms with Gasteiger partial charge in [-0.2, -0.15) is 0 Å². The van der Waals surface area contributed by atoms with Crippen molar-refractivity contribution in [1.29, 1.82) is 0 Å². The third kappa shape index (κ3) is 4.37. The van der Waals surface area contributed by atoms with Gasteiger partial charge in [-0.05, 0) is 72.3 Å². The molecule has 6 nitrogen and oxygen atoms in total. The first-order valence-corrected chi connectivity index (χ1v) is 8.37. The van der Waals surface area contributed by atoms with Gasteiger partial charge in [0.05, 0.1) is 0 Å². The standard InChI is InChI=1S/C22H17NO5/c24-19-10-6-17(7-11-19)23(18-8-12-20(25)13-9-18)22(28)16-4-1-15(2-5-16)3-14-21(26)27/h1-14,24-25H,(H,26,27). The zero-order valence-corrected chi connectivity index (χ0v) is 14.7. The molecule has 0 spiro atoms. The molecule has 0 aliphatic heterocycles. The van der Waals surface area contributed by atoms with E-state index in [1.54, 1.807) is 48.5 Å². The predicted molar refractivity (Wildman–Crippen MR) is 106 cm³/mol. The molecule has 140 valence electrons. The van der Waals surface area contributed by atoms with Crippen LogP contribution >= 0.6 is 0 Å². The average Bonchev–Trinajstić information content (AvgIpc) is 2.70. The summed E-state index contributed by atoms with van der Waals surface area (Å²) in [5, 5.41) is 27.8. The quantitative estimate of drug-likeness (QED) is 0.581. The Labute approximate surface area is 161 Å². The van der Waals surface area contributed by atoms with E-state index in [0.29, 0.717) is 22.5 Å². The normalized spacial score (nSPS) is 10.7. The highest BCUT2D eigenvalue weighted by Crippen LogP contribution is 2.30. The number of rotatable bonds is 5. The van der Waals surface area contributed by atoms with Crippen LogP contribution < -0.4 is 4.90 Å². The van der Waals surface area contributed by atoms with Crippen LogP contribution in [-0.2, 0) is 4.79 Å². The maximum atomic E-state index is 13.2. The summed E-state index contributed by atoms with van der Waals surface area (Å²) in [4.78, 5) is 25.3. The Kier molecular flexibility index (Phi) is 5.41. The number of carbonyl (C=O) groups excluding carboxylic acids is 1. The molecule has 3 N–H and O–H groups in total. The van der Waals surface area contributed by atoms with Gasteiger partial charge >= 0.3 is 5.97 Å². The number of aromatic hydroxyl groups is 2. The number of anilines is 2. The molecule has 3 rings (SSSR count). The van der Waals surface area contributed by atoms with Crippen LogP contribution in [0.25, 0.3) is 6.08 Å². The summed E-state index contributed by atoms with van der Waals surface area (Å²) in [6.45, 7) is 0. The first kappa shape index (κ1) is 18.7. The molecular weight excluding hydrogens is 358 g/mol. The third-order valence-corrected chi connectivity index (χ3v) is 3.99. The minimum atomic E-state index is -1.05. The maximum absolute atomic E-state index is 13.2. The van der Waals surface area contributed by atoms with Crippen molar-refractivity contribution in [1.82, 2.24) is 0 Å². The second-order valence-electron chi connectivity index (χ2n) is 5.97. The van der Waals surface area contributed by atoms with Gasteiger partial charge in [0.15, 0.2) is 0 Å². The van der Waals surface area contributed by atoms with Crippen LogP contribution in [0, 0.1) is 0 Å². The fourth-order valence-electron chi connectivity index (χ4n) is 2.62. The molecule has 0 heterocycles. The molecule has 1 amide bonds. The third-order valence-electron chi connectivity index (χ3n) is 3.99. The molecule has 0 bridgehead atoms. The Morgan fingerprint density at radius 3 is 1.61 bits per heavy atom. The molecule has 6 heteroatoms. The summed E-state index contributed by atoms with van der Waals surface area (Å²) in [5.41, 5.74) is 2.14. The highest BCUT2D eigenvalue weighted by Gasteiger charge is 2.20. The van der Waals surface area contributed by atoms with Gasteiger partial charge in [0.2, 0.25) is 0 Å². The number of phenolic OH excluding ortho intramolecular Hbond substituents is 2. The second-order valence-corrected chi connectivity index (χ2v) is 5.97. The topological polar surface area (TPSA) is 98.1 Å². The van der Waals surface area contributed by atoms with Crippen molar-refractivity contribution in [3.05, 3.63) is 90.0 Å². The largest absolute Gasteiger partial charge is 0.508 e. The highest BCUT2D eigenvalue weighted by molar-refractivity contribution is 6.11. The van der Waals surface area contributed by atoms with Crippen molar-refractivity contribution in [2.75, 3.05) is 4.90 Å². The Morgan fingerprint density at radius 2 is 1.18 bits per heavy atom. The first-order chi connectivity index (χ1) is 13.4. The van der Waals surface area contributed by atoms with Crippen molar-refractivity contribution in [3.63, 3.8) is 0 Å². The van der Waals surface area contributed by atoms with Gasteiger partial charge < -0.3 is 15.3 Å². The Morgan fingerprint density at radius 1 is 0.714 bits per heavy atom. The van der Waals surface area contributed by atoms with Crippen LogP contribution in [0.15, 0.2) is 78.9 Å². The summed E-state index contributed by atoms with van der Waals surface area (Å²) in [7, 11) is 0. The summed E-state index contributed by atoms with van der Waals surface area (Å²) in [5.74, 6) is -1.20. The van der Waals surface area contributed by atoms with Crippen LogP contribution in [0.1, 0.15) is 15.9 Å². The summed E-state index contributed by atoms with van der Waals surface area (Å²) in [6, 6.07) is 18.9. The SMILES string of the molecule is O=C(O)C=Cc1ccc(C(=O)N(c2ccc(O)cc2)c2ccc(O)cc2)cc1. The predicted octanol–water partition coefficient (Wildman–Crippen LogP) is 4.17. The smallest absolute Gasteiger partial charge is 0.328 e.